The molecule has 1 atom stereocenters. The summed E-state index contributed by atoms with van der Waals surface area (Å²) < 4.78 is 0. The minimum absolute atomic E-state index is 0.0620. The molecule has 1 aromatic heterocycles. The van der Waals surface area contributed by atoms with Gasteiger partial charge in [-0.05, 0) is 33.5 Å². The van der Waals surface area contributed by atoms with Crippen LogP contribution in [0.5, 0.6) is 0 Å². The molecule has 1 heterocycles. The highest BCUT2D eigenvalue weighted by atomic mass is 16.2. The van der Waals surface area contributed by atoms with Crippen LogP contribution in [0.4, 0.5) is 0 Å². The number of likely N-dealkylation sites (N-methyl/N-ethyl adjacent to an activating group) is 1. The molecule has 6 heteroatoms. The van der Waals surface area contributed by atoms with Crippen molar-refractivity contribution in [1.82, 2.24) is 25.4 Å². The molecule has 1 amide bonds. The number of H-pyrrole nitrogens is 1. The Balaban J connectivity index is 2.09. The Morgan fingerprint density at radius 1 is 1.38 bits per heavy atom. The van der Waals surface area contributed by atoms with Crippen LogP contribution in [0, 0.1) is 13.8 Å². The van der Waals surface area contributed by atoms with Crippen LogP contribution in [0.1, 0.15) is 28.8 Å². The average molecular weight is 287 g/mol. The van der Waals surface area contributed by atoms with E-state index in [1.165, 1.54) is 0 Å². The zero-order valence-corrected chi connectivity index (χ0v) is 12.8. The number of hydrogen-bond acceptors (Lipinski definition) is 4. The Bertz CT molecular complexity index is 620. The second kappa shape index (κ2) is 6.49. The molecule has 1 aromatic carbocycles. The van der Waals surface area contributed by atoms with Gasteiger partial charge in [0.25, 0.3) is 0 Å². The van der Waals surface area contributed by atoms with Crippen LogP contribution in [0.2, 0.25) is 0 Å². The number of aromatic amines is 1. The maximum atomic E-state index is 12.5. The molecule has 0 aliphatic heterocycles. The number of benzene rings is 1. The van der Waals surface area contributed by atoms with Gasteiger partial charge < -0.3 is 5.32 Å². The monoisotopic (exact) mass is 287 g/mol. The summed E-state index contributed by atoms with van der Waals surface area (Å²) in [4.78, 5) is 18.5. The molecule has 0 spiro atoms. The summed E-state index contributed by atoms with van der Waals surface area (Å²) >= 11 is 0. The molecule has 0 aliphatic rings. The van der Waals surface area contributed by atoms with Crippen LogP contribution in [0.25, 0.3) is 0 Å². The Hall–Kier alpha value is -2.21. The summed E-state index contributed by atoms with van der Waals surface area (Å²) in [7, 11) is 3.78. The molecule has 0 saturated heterocycles. The van der Waals surface area contributed by atoms with Crippen molar-refractivity contribution < 1.29 is 4.79 Å². The van der Waals surface area contributed by atoms with Gasteiger partial charge in [0, 0.05) is 0 Å². The first-order valence-corrected chi connectivity index (χ1v) is 6.86. The van der Waals surface area contributed by atoms with Crippen molar-refractivity contribution in [2.75, 3.05) is 14.1 Å². The molecule has 21 heavy (non-hydrogen) atoms. The third-order valence-electron chi connectivity index (χ3n) is 3.19. The van der Waals surface area contributed by atoms with Gasteiger partial charge in [0.1, 0.15) is 11.9 Å². The highest BCUT2D eigenvalue weighted by Gasteiger charge is 2.22. The summed E-state index contributed by atoms with van der Waals surface area (Å²) in [5.74, 6) is 1.26. The normalized spacial score (nSPS) is 12.4. The minimum atomic E-state index is -0.329. The third-order valence-corrected chi connectivity index (χ3v) is 3.19. The van der Waals surface area contributed by atoms with Gasteiger partial charge in [-0.2, -0.15) is 5.10 Å². The number of carbonyl (C=O) groups is 1. The first-order valence-electron chi connectivity index (χ1n) is 6.86. The standard InChI is InChI=1S/C15H21N5O/c1-10-6-5-7-12(8-10)14(20(3)4)15(21)16-9-13-17-11(2)18-19-13/h5-8,14H,9H2,1-4H3,(H,16,21)(H,17,18,19)/t14-/m0/s1. The zero-order chi connectivity index (χ0) is 15.4. The van der Waals surface area contributed by atoms with E-state index in [9.17, 15) is 4.79 Å². The van der Waals surface area contributed by atoms with Crippen LogP contribution in [-0.2, 0) is 11.3 Å². The van der Waals surface area contributed by atoms with Gasteiger partial charge in [0.15, 0.2) is 5.82 Å². The first kappa shape index (κ1) is 15.2. The quantitative estimate of drug-likeness (QED) is 0.870. The summed E-state index contributed by atoms with van der Waals surface area (Å²) in [5, 5.41) is 9.66. The molecular weight excluding hydrogens is 266 g/mol. The van der Waals surface area contributed by atoms with E-state index < -0.39 is 0 Å². The van der Waals surface area contributed by atoms with E-state index in [0.29, 0.717) is 12.4 Å². The van der Waals surface area contributed by atoms with Crippen molar-refractivity contribution in [3.05, 3.63) is 47.0 Å². The molecule has 2 rings (SSSR count). The molecule has 0 saturated carbocycles. The fourth-order valence-electron chi connectivity index (χ4n) is 2.26. The lowest BCUT2D eigenvalue weighted by Crippen LogP contribution is -2.37. The molecule has 112 valence electrons. The highest BCUT2D eigenvalue weighted by Crippen LogP contribution is 2.19. The molecule has 0 unspecified atom stereocenters. The Kier molecular flexibility index (Phi) is 4.70. The van der Waals surface area contributed by atoms with Gasteiger partial charge in [-0.25, -0.2) is 4.98 Å². The van der Waals surface area contributed by atoms with Gasteiger partial charge in [-0.3, -0.25) is 14.8 Å². The van der Waals surface area contributed by atoms with Gasteiger partial charge in [0.05, 0.1) is 6.54 Å². The second-order valence-corrected chi connectivity index (χ2v) is 5.34. The van der Waals surface area contributed by atoms with Crippen LogP contribution < -0.4 is 5.32 Å². The zero-order valence-electron chi connectivity index (χ0n) is 12.8. The molecule has 6 nitrogen and oxygen atoms in total. The SMILES string of the molecule is Cc1cccc([C@@H](C(=O)NCc2n[nH]c(C)n2)N(C)C)c1. The average Bonchev–Trinajstić information content (AvgIpc) is 2.82. The first-order chi connectivity index (χ1) is 9.97. The van der Waals surface area contributed by atoms with Crippen LogP contribution >= 0.6 is 0 Å². The summed E-state index contributed by atoms with van der Waals surface area (Å²) in [6.07, 6.45) is 0. The largest absolute Gasteiger partial charge is 0.347 e. The lowest BCUT2D eigenvalue weighted by molar-refractivity contribution is -0.126. The van der Waals surface area contributed by atoms with Crippen LogP contribution in [-0.4, -0.2) is 40.1 Å². The van der Waals surface area contributed by atoms with E-state index in [4.69, 9.17) is 0 Å². The maximum absolute atomic E-state index is 12.5. The predicted molar refractivity (Wildman–Crippen MR) is 80.6 cm³/mol. The maximum Gasteiger partial charge on any atom is 0.242 e. The van der Waals surface area contributed by atoms with Crippen molar-refractivity contribution in [2.45, 2.75) is 26.4 Å². The lowest BCUT2D eigenvalue weighted by Gasteiger charge is -2.23. The van der Waals surface area contributed by atoms with Crippen molar-refractivity contribution in [2.24, 2.45) is 0 Å². The Morgan fingerprint density at radius 3 is 2.71 bits per heavy atom. The third kappa shape index (κ3) is 3.88. The number of nitrogens with zero attached hydrogens (tertiary/aromatic N) is 3. The summed E-state index contributed by atoms with van der Waals surface area (Å²) in [6, 6.07) is 7.65. The van der Waals surface area contributed by atoms with E-state index in [-0.39, 0.29) is 11.9 Å². The number of aromatic nitrogens is 3. The number of aryl methyl sites for hydroxylation is 2. The smallest absolute Gasteiger partial charge is 0.242 e. The Morgan fingerprint density at radius 2 is 2.14 bits per heavy atom. The van der Waals surface area contributed by atoms with Crippen LogP contribution in [0.3, 0.4) is 0 Å². The van der Waals surface area contributed by atoms with Gasteiger partial charge >= 0.3 is 0 Å². The molecule has 2 aromatic rings. The molecule has 0 radical (unpaired) electrons. The number of rotatable bonds is 5. The number of amides is 1. The van der Waals surface area contributed by atoms with E-state index >= 15 is 0 Å². The second-order valence-electron chi connectivity index (χ2n) is 5.34. The van der Waals surface area contributed by atoms with Gasteiger partial charge in [-0.15, -0.1) is 0 Å². The summed E-state index contributed by atoms with van der Waals surface area (Å²) in [6.45, 7) is 4.16. The highest BCUT2D eigenvalue weighted by molar-refractivity contribution is 5.83. The molecule has 0 bridgehead atoms. The lowest BCUT2D eigenvalue weighted by atomic mass is 10.0. The minimum Gasteiger partial charge on any atom is -0.347 e. The fraction of sp³-hybridized carbons (Fsp3) is 0.400. The van der Waals surface area contributed by atoms with E-state index in [0.717, 1.165) is 17.0 Å². The molecule has 0 aliphatic carbocycles. The van der Waals surface area contributed by atoms with Crippen molar-refractivity contribution in [1.29, 1.82) is 0 Å². The molecule has 2 N–H and O–H groups in total. The van der Waals surface area contributed by atoms with Gasteiger partial charge in [0.2, 0.25) is 5.91 Å². The van der Waals surface area contributed by atoms with E-state index in [1.807, 2.05) is 57.1 Å². The van der Waals surface area contributed by atoms with Crippen LogP contribution in [0.15, 0.2) is 24.3 Å². The number of hydrogen-bond donors (Lipinski definition) is 2. The molecule has 0 fully saturated rings. The van der Waals surface area contributed by atoms with Crippen molar-refractivity contribution in [3.8, 4) is 0 Å². The van der Waals surface area contributed by atoms with E-state index in [2.05, 4.69) is 20.5 Å². The van der Waals surface area contributed by atoms with Gasteiger partial charge in [-0.1, -0.05) is 29.8 Å². The fourth-order valence-corrected chi connectivity index (χ4v) is 2.26. The number of nitrogens with one attached hydrogen (secondary N) is 2. The van der Waals surface area contributed by atoms with Crippen molar-refractivity contribution in [3.63, 3.8) is 0 Å². The van der Waals surface area contributed by atoms with E-state index in [1.54, 1.807) is 0 Å². The topological polar surface area (TPSA) is 73.9 Å². The van der Waals surface area contributed by atoms with Crippen molar-refractivity contribution >= 4 is 5.91 Å². The predicted octanol–water partition coefficient (Wildman–Crippen LogP) is 1.34. The Labute approximate surface area is 124 Å². The summed E-state index contributed by atoms with van der Waals surface area (Å²) in [5.41, 5.74) is 2.11. The molecular formula is C15H21N5O. The number of carbonyl (C=O) groups excluding carboxylic acids is 1.